The van der Waals surface area contributed by atoms with Crippen molar-refractivity contribution in [1.82, 2.24) is 9.97 Å². The number of pyridine rings is 2. The largest absolute Gasteiger partial charge is 0.491 e. The van der Waals surface area contributed by atoms with E-state index in [4.69, 9.17) is 23.4 Å². The third-order valence-corrected chi connectivity index (χ3v) is 8.01. The summed E-state index contributed by atoms with van der Waals surface area (Å²) in [7, 11) is -3.95. The minimum atomic E-state index is -3.95. The molecule has 1 saturated heterocycles. The van der Waals surface area contributed by atoms with E-state index >= 15 is 0 Å². The highest BCUT2D eigenvalue weighted by Crippen LogP contribution is 2.25. The summed E-state index contributed by atoms with van der Waals surface area (Å²) in [5, 5.41) is 4.10. The van der Waals surface area contributed by atoms with Crippen molar-refractivity contribution in [3.05, 3.63) is 78.5 Å². The lowest BCUT2D eigenvalue weighted by molar-refractivity contribution is -0.198. The highest BCUT2D eigenvalue weighted by molar-refractivity contribution is 7.86. The Labute approximate surface area is 241 Å². The van der Waals surface area contributed by atoms with E-state index in [1.54, 1.807) is 18.3 Å². The third-order valence-electron chi connectivity index (χ3n) is 6.71. The number of nitrogens with zero attached hydrogens (tertiary/aromatic N) is 2. The van der Waals surface area contributed by atoms with Gasteiger partial charge < -0.3 is 19.5 Å². The normalized spacial score (nSPS) is 16.4. The molecule has 5 rings (SSSR count). The van der Waals surface area contributed by atoms with E-state index in [0.717, 1.165) is 59.3 Å². The number of aryl methyl sites for hydroxylation is 1. The Morgan fingerprint density at radius 1 is 1.02 bits per heavy atom. The van der Waals surface area contributed by atoms with Crippen LogP contribution in [0.25, 0.3) is 22.2 Å². The SMILES string of the molecule is CCNc1ccc(-c2ccc3cc(OCC(COS(=O)(=O)c4ccc(C)cc4)OC4CCCCO4)ccc3n2)cn1. The van der Waals surface area contributed by atoms with Crippen LogP contribution in [0.4, 0.5) is 5.82 Å². The number of ether oxygens (including phenoxy) is 3. The summed E-state index contributed by atoms with van der Waals surface area (Å²) in [6, 6.07) is 20.0. The van der Waals surface area contributed by atoms with Gasteiger partial charge in [-0.3, -0.25) is 4.18 Å². The van der Waals surface area contributed by atoms with Gasteiger partial charge in [0, 0.05) is 30.3 Å². The summed E-state index contributed by atoms with van der Waals surface area (Å²) in [5.74, 6) is 1.44. The van der Waals surface area contributed by atoms with Crippen molar-refractivity contribution in [2.75, 3.05) is 31.7 Å². The molecule has 41 heavy (non-hydrogen) atoms. The first-order valence-corrected chi connectivity index (χ1v) is 15.3. The molecule has 0 spiro atoms. The topological polar surface area (TPSA) is 109 Å². The van der Waals surface area contributed by atoms with E-state index in [2.05, 4.69) is 10.3 Å². The number of anilines is 1. The van der Waals surface area contributed by atoms with Gasteiger partial charge in [-0.25, -0.2) is 9.97 Å². The van der Waals surface area contributed by atoms with Gasteiger partial charge in [-0.2, -0.15) is 8.42 Å². The van der Waals surface area contributed by atoms with Gasteiger partial charge >= 0.3 is 0 Å². The van der Waals surface area contributed by atoms with Crippen molar-refractivity contribution in [2.24, 2.45) is 0 Å². The molecule has 1 aliphatic rings. The summed E-state index contributed by atoms with van der Waals surface area (Å²) in [6.07, 6.45) is 3.41. The van der Waals surface area contributed by atoms with Gasteiger partial charge in [0.15, 0.2) is 6.29 Å². The van der Waals surface area contributed by atoms with E-state index in [1.807, 2.05) is 56.3 Å². The second-order valence-electron chi connectivity index (χ2n) is 9.93. The van der Waals surface area contributed by atoms with Crippen LogP contribution < -0.4 is 10.1 Å². The lowest BCUT2D eigenvalue weighted by Crippen LogP contribution is -2.35. The minimum Gasteiger partial charge on any atom is -0.491 e. The van der Waals surface area contributed by atoms with Crippen molar-refractivity contribution >= 4 is 26.8 Å². The number of benzene rings is 2. The van der Waals surface area contributed by atoms with E-state index in [0.29, 0.717) is 12.4 Å². The number of hydrogen-bond acceptors (Lipinski definition) is 9. The lowest BCUT2D eigenvalue weighted by atomic mass is 10.1. The molecule has 0 aliphatic carbocycles. The summed E-state index contributed by atoms with van der Waals surface area (Å²) < 4.78 is 48.8. The molecular weight excluding hydrogens is 542 g/mol. The van der Waals surface area contributed by atoms with E-state index in [9.17, 15) is 8.42 Å². The molecule has 2 atom stereocenters. The van der Waals surface area contributed by atoms with Gasteiger partial charge in [0.2, 0.25) is 0 Å². The Morgan fingerprint density at radius 2 is 1.88 bits per heavy atom. The van der Waals surface area contributed by atoms with Crippen LogP contribution in [0.2, 0.25) is 0 Å². The average Bonchev–Trinajstić information content (AvgIpc) is 2.99. The highest BCUT2D eigenvalue weighted by Gasteiger charge is 2.24. The second-order valence-corrected chi connectivity index (χ2v) is 11.5. The van der Waals surface area contributed by atoms with Crippen LogP contribution in [-0.4, -0.2) is 57.1 Å². The number of rotatable bonds is 12. The van der Waals surface area contributed by atoms with Crippen LogP contribution in [0.5, 0.6) is 5.75 Å². The zero-order valence-electron chi connectivity index (χ0n) is 23.3. The number of fused-ring (bicyclic) bond motifs is 1. The van der Waals surface area contributed by atoms with E-state index < -0.39 is 22.5 Å². The maximum atomic E-state index is 12.8. The quantitative estimate of drug-likeness (QED) is 0.211. The van der Waals surface area contributed by atoms with Crippen molar-refractivity contribution in [3.63, 3.8) is 0 Å². The minimum absolute atomic E-state index is 0.0874. The fraction of sp³-hybridized carbons (Fsp3) is 0.355. The smallest absolute Gasteiger partial charge is 0.297 e. The van der Waals surface area contributed by atoms with Gasteiger partial charge in [0.05, 0.1) is 22.7 Å². The Morgan fingerprint density at radius 3 is 2.61 bits per heavy atom. The van der Waals surface area contributed by atoms with Gasteiger partial charge in [-0.15, -0.1) is 0 Å². The Balaban J connectivity index is 1.26. The zero-order valence-corrected chi connectivity index (χ0v) is 24.1. The molecule has 10 heteroatoms. The summed E-state index contributed by atoms with van der Waals surface area (Å²) in [6.45, 7) is 5.23. The van der Waals surface area contributed by atoms with Crippen molar-refractivity contribution in [1.29, 1.82) is 0 Å². The Hall–Kier alpha value is -3.57. The van der Waals surface area contributed by atoms with Crippen molar-refractivity contribution in [3.8, 4) is 17.0 Å². The molecule has 2 aromatic heterocycles. The number of nitrogens with one attached hydrogen (secondary N) is 1. The maximum absolute atomic E-state index is 12.8. The fourth-order valence-corrected chi connectivity index (χ4v) is 5.41. The fourth-order valence-electron chi connectivity index (χ4n) is 4.47. The predicted octanol–water partition coefficient (Wildman–Crippen LogP) is 5.73. The summed E-state index contributed by atoms with van der Waals surface area (Å²) in [5.41, 5.74) is 3.54. The monoisotopic (exact) mass is 577 g/mol. The van der Waals surface area contributed by atoms with Crippen molar-refractivity contribution < 1.29 is 26.8 Å². The molecule has 0 radical (unpaired) electrons. The third kappa shape index (κ3) is 7.80. The van der Waals surface area contributed by atoms with Crippen LogP contribution in [0.15, 0.2) is 77.8 Å². The lowest BCUT2D eigenvalue weighted by Gasteiger charge is -2.27. The average molecular weight is 578 g/mol. The molecule has 9 nitrogen and oxygen atoms in total. The molecule has 0 saturated carbocycles. The molecule has 4 aromatic rings. The summed E-state index contributed by atoms with van der Waals surface area (Å²) >= 11 is 0. The maximum Gasteiger partial charge on any atom is 0.297 e. The molecule has 1 N–H and O–H groups in total. The highest BCUT2D eigenvalue weighted by atomic mass is 32.2. The first kappa shape index (κ1) is 28.9. The second kappa shape index (κ2) is 13.4. The van der Waals surface area contributed by atoms with Crippen LogP contribution in [-0.2, 0) is 23.8 Å². The van der Waals surface area contributed by atoms with Gasteiger partial charge in [0.25, 0.3) is 10.1 Å². The Bertz CT molecular complexity index is 1540. The van der Waals surface area contributed by atoms with E-state index in [1.165, 1.54) is 12.1 Å². The van der Waals surface area contributed by atoms with Crippen LogP contribution in [0, 0.1) is 6.92 Å². The molecule has 0 bridgehead atoms. The standard InChI is InChI=1S/C31H35N3O6S/c1-3-32-30-16-10-24(19-33-30)29-14-9-23-18-25(11-15-28(23)34-29)38-20-26(40-31-6-4-5-17-37-31)21-39-41(35,36)27-12-7-22(2)8-13-27/h7-16,18-19,26,31H,3-6,17,20-21H2,1-2H3,(H,32,33). The molecule has 1 aliphatic heterocycles. The summed E-state index contributed by atoms with van der Waals surface area (Å²) in [4.78, 5) is 9.31. The number of hydrogen-bond donors (Lipinski definition) is 1. The molecular formula is C31H35N3O6S. The van der Waals surface area contributed by atoms with Gasteiger partial charge in [-0.1, -0.05) is 23.8 Å². The van der Waals surface area contributed by atoms with Crippen molar-refractivity contribution in [2.45, 2.75) is 50.4 Å². The molecule has 1 fully saturated rings. The molecule has 2 aromatic carbocycles. The number of aromatic nitrogens is 2. The van der Waals surface area contributed by atoms with Gasteiger partial charge in [-0.05, 0) is 81.6 Å². The van der Waals surface area contributed by atoms with E-state index in [-0.39, 0.29) is 18.1 Å². The van der Waals surface area contributed by atoms with Gasteiger partial charge in [0.1, 0.15) is 24.3 Å². The molecule has 216 valence electrons. The first-order valence-electron chi connectivity index (χ1n) is 13.9. The predicted molar refractivity (Wildman–Crippen MR) is 157 cm³/mol. The van der Waals surface area contributed by atoms with Crippen LogP contribution >= 0.6 is 0 Å². The van der Waals surface area contributed by atoms with Crippen LogP contribution in [0.1, 0.15) is 31.7 Å². The first-order chi connectivity index (χ1) is 19.9. The molecule has 0 amide bonds. The molecule has 3 heterocycles. The Kier molecular flexibility index (Phi) is 9.45. The zero-order chi connectivity index (χ0) is 28.7. The van der Waals surface area contributed by atoms with Crippen LogP contribution in [0.3, 0.4) is 0 Å². The molecule has 2 unspecified atom stereocenters.